The van der Waals surface area contributed by atoms with Crippen molar-refractivity contribution in [1.82, 2.24) is 4.98 Å². The molecule has 2 aromatic rings. The Bertz CT molecular complexity index is 548. The zero-order valence-electron chi connectivity index (χ0n) is 10.2. The lowest BCUT2D eigenvalue weighted by molar-refractivity contribution is -0.132. The number of para-hydroxylation sites is 1. The van der Waals surface area contributed by atoms with Crippen molar-refractivity contribution in [2.75, 3.05) is 6.54 Å². The van der Waals surface area contributed by atoms with Crippen LogP contribution in [0.15, 0.2) is 24.3 Å². The fourth-order valence-corrected chi connectivity index (χ4v) is 3.49. The van der Waals surface area contributed by atoms with E-state index in [0.717, 1.165) is 34.5 Å². The van der Waals surface area contributed by atoms with E-state index in [1.165, 1.54) is 0 Å². The van der Waals surface area contributed by atoms with Crippen molar-refractivity contribution in [2.45, 2.75) is 25.7 Å². The van der Waals surface area contributed by atoms with Crippen molar-refractivity contribution >= 4 is 27.3 Å². The van der Waals surface area contributed by atoms with Crippen molar-refractivity contribution in [2.24, 2.45) is 11.1 Å². The maximum atomic E-state index is 12.3. The van der Waals surface area contributed by atoms with Gasteiger partial charge in [0.05, 0.1) is 16.6 Å². The van der Waals surface area contributed by atoms with Gasteiger partial charge in [0.15, 0.2) is 0 Å². The number of rotatable bonds is 4. The van der Waals surface area contributed by atoms with Crippen molar-refractivity contribution in [3.8, 4) is 0 Å². The fourth-order valence-electron chi connectivity index (χ4n) is 2.52. The molecule has 0 spiro atoms. The second-order valence-electron chi connectivity index (χ2n) is 5.01. The van der Waals surface area contributed by atoms with Crippen LogP contribution in [0.1, 0.15) is 24.3 Å². The summed E-state index contributed by atoms with van der Waals surface area (Å²) in [5.74, 6) is 0.273. The number of carbonyl (C=O) groups excluding carboxylic acids is 1. The number of hydrogen-bond acceptors (Lipinski definition) is 4. The number of Topliss-reactive ketones (excluding diaryl/α,β-unsaturated/α-hetero) is 1. The molecule has 4 heteroatoms. The molecule has 1 aliphatic carbocycles. The summed E-state index contributed by atoms with van der Waals surface area (Å²) in [5, 5.41) is 0.918. The summed E-state index contributed by atoms with van der Waals surface area (Å²) < 4.78 is 1.15. The Labute approximate surface area is 110 Å². The first-order chi connectivity index (χ1) is 8.73. The minimum Gasteiger partial charge on any atom is -0.329 e. The van der Waals surface area contributed by atoms with Crippen LogP contribution < -0.4 is 5.73 Å². The first-order valence-corrected chi connectivity index (χ1v) is 7.13. The number of aromatic nitrogens is 1. The van der Waals surface area contributed by atoms with Gasteiger partial charge in [-0.2, -0.15) is 0 Å². The molecule has 0 saturated heterocycles. The molecule has 0 unspecified atom stereocenters. The molecule has 94 valence electrons. The Morgan fingerprint density at radius 2 is 2.17 bits per heavy atom. The largest absolute Gasteiger partial charge is 0.329 e. The molecule has 0 aliphatic heterocycles. The van der Waals surface area contributed by atoms with E-state index in [1.807, 2.05) is 24.3 Å². The number of benzene rings is 1. The average molecular weight is 260 g/mol. The summed E-state index contributed by atoms with van der Waals surface area (Å²) in [7, 11) is 0. The van der Waals surface area contributed by atoms with Gasteiger partial charge in [-0.25, -0.2) is 4.98 Å². The van der Waals surface area contributed by atoms with Crippen molar-refractivity contribution < 1.29 is 4.79 Å². The fraction of sp³-hybridized carbons (Fsp3) is 0.429. The van der Waals surface area contributed by atoms with Gasteiger partial charge < -0.3 is 5.73 Å². The van der Waals surface area contributed by atoms with Gasteiger partial charge in [-0.1, -0.05) is 18.6 Å². The molecule has 3 nitrogen and oxygen atoms in total. The van der Waals surface area contributed by atoms with Crippen LogP contribution in [0.4, 0.5) is 0 Å². The Kier molecular flexibility index (Phi) is 2.92. The molecule has 1 aliphatic rings. The number of nitrogens with zero attached hydrogens (tertiary/aromatic N) is 1. The lowest BCUT2D eigenvalue weighted by atomic mass is 9.65. The van der Waals surface area contributed by atoms with E-state index in [9.17, 15) is 4.79 Å². The summed E-state index contributed by atoms with van der Waals surface area (Å²) in [6.45, 7) is 0.483. The number of fused-ring (bicyclic) bond motifs is 1. The van der Waals surface area contributed by atoms with Crippen LogP contribution >= 0.6 is 11.3 Å². The molecule has 18 heavy (non-hydrogen) atoms. The van der Waals surface area contributed by atoms with Gasteiger partial charge in [-0.3, -0.25) is 4.79 Å². The number of nitrogens with two attached hydrogens (primary N) is 1. The van der Waals surface area contributed by atoms with Gasteiger partial charge in [-0.15, -0.1) is 11.3 Å². The number of ketones is 1. The maximum absolute atomic E-state index is 12.3. The minimum atomic E-state index is -0.238. The first kappa shape index (κ1) is 11.8. The Hall–Kier alpha value is -1.26. The molecular formula is C14H16N2OS. The van der Waals surface area contributed by atoms with Gasteiger partial charge >= 0.3 is 0 Å². The van der Waals surface area contributed by atoms with E-state index in [4.69, 9.17) is 5.73 Å². The van der Waals surface area contributed by atoms with Crippen LogP contribution in [0.5, 0.6) is 0 Å². The summed E-state index contributed by atoms with van der Waals surface area (Å²) in [5.41, 5.74) is 6.51. The lowest BCUT2D eigenvalue weighted by Gasteiger charge is -2.39. The Balaban J connectivity index is 1.81. The first-order valence-electron chi connectivity index (χ1n) is 6.31. The van der Waals surface area contributed by atoms with Gasteiger partial charge in [0.2, 0.25) is 0 Å². The topological polar surface area (TPSA) is 56.0 Å². The van der Waals surface area contributed by atoms with Gasteiger partial charge in [-0.05, 0) is 25.0 Å². The monoisotopic (exact) mass is 260 g/mol. The summed E-state index contributed by atoms with van der Waals surface area (Å²) in [6, 6.07) is 8.01. The van der Waals surface area contributed by atoms with E-state index >= 15 is 0 Å². The van der Waals surface area contributed by atoms with Crippen molar-refractivity contribution in [3.05, 3.63) is 29.3 Å². The molecular weight excluding hydrogens is 244 g/mol. The third kappa shape index (κ3) is 1.85. The standard InChI is InChI=1S/C14H16N2OS/c15-9-14(6-3-7-14)12(17)8-13-16-10-4-1-2-5-11(10)18-13/h1-2,4-5H,3,6-9,15H2. The van der Waals surface area contributed by atoms with Crippen molar-refractivity contribution in [3.63, 3.8) is 0 Å². The minimum absolute atomic E-state index is 0.238. The third-order valence-corrected chi connectivity index (χ3v) is 4.98. The van der Waals surface area contributed by atoms with Gasteiger partial charge in [0, 0.05) is 12.0 Å². The summed E-state index contributed by atoms with van der Waals surface area (Å²) >= 11 is 1.61. The van der Waals surface area contributed by atoms with Crippen LogP contribution in [0.2, 0.25) is 0 Å². The van der Waals surface area contributed by atoms with E-state index in [-0.39, 0.29) is 11.2 Å². The smallest absolute Gasteiger partial charge is 0.147 e. The molecule has 0 radical (unpaired) electrons. The Morgan fingerprint density at radius 1 is 1.39 bits per heavy atom. The van der Waals surface area contributed by atoms with E-state index in [0.29, 0.717) is 13.0 Å². The van der Waals surface area contributed by atoms with Gasteiger partial charge in [0.1, 0.15) is 10.8 Å². The Morgan fingerprint density at radius 3 is 2.78 bits per heavy atom. The van der Waals surface area contributed by atoms with E-state index in [1.54, 1.807) is 11.3 Å². The molecule has 1 saturated carbocycles. The van der Waals surface area contributed by atoms with Crippen LogP contribution in [0.3, 0.4) is 0 Å². The van der Waals surface area contributed by atoms with E-state index in [2.05, 4.69) is 4.98 Å². The van der Waals surface area contributed by atoms with Gasteiger partial charge in [0.25, 0.3) is 0 Å². The van der Waals surface area contributed by atoms with Crippen LogP contribution in [0.25, 0.3) is 10.2 Å². The lowest BCUT2D eigenvalue weighted by Crippen LogP contribution is -2.45. The SMILES string of the molecule is NCC1(C(=O)Cc2nc3ccccc3s2)CCC1. The maximum Gasteiger partial charge on any atom is 0.147 e. The molecule has 3 rings (SSSR count). The number of thiazole rings is 1. The highest BCUT2D eigenvalue weighted by atomic mass is 32.1. The zero-order chi connectivity index (χ0) is 12.6. The highest BCUT2D eigenvalue weighted by molar-refractivity contribution is 7.18. The van der Waals surface area contributed by atoms with Crippen LogP contribution in [-0.2, 0) is 11.2 Å². The normalized spacial score (nSPS) is 17.6. The summed E-state index contributed by atoms with van der Waals surface area (Å²) in [6.07, 6.45) is 3.47. The molecule has 1 aromatic heterocycles. The third-order valence-electron chi connectivity index (χ3n) is 3.94. The molecule has 1 fully saturated rings. The van der Waals surface area contributed by atoms with Crippen molar-refractivity contribution in [1.29, 1.82) is 0 Å². The molecule has 1 heterocycles. The molecule has 2 N–H and O–H groups in total. The molecule has 0 amide bonds. The molecule has 1 aromatic carbocycles. The number of hydrogen-bond donors (Lipinski definition) is 1. The zero-order valence-corrected chi connectivity index (χ0v) is 11.0. The highest BCUT2D eigenvalue weighted by Gasteiger charge is 2.42. The average Bonchev–Trinajstić information content (AvgIpc) is 2.70. The molecule has 0 bridgehead atoms. The second-order valence-corrected chi connectivity index (χ2v) is 6.13. The predicted molar refractivity (Wildman–Crippen MR) is 73.7 cm³/mol. The highest BCUT2D eigenvalue weighted by Crippen LogP contribution is 2.41. The quantitative estimate of drug-likeness (QED) is 0.919. The second kappa shape index (κ2) is 4.44. The van der Waals surface area contributed by atoms with Crippen LogP contribution in [0, 0.1) is 5.41 Å². The summed E-state index contributed by atoms with van der Waals surface area (Å²) in [4.78, 5) is 16.8. The predicted octanol–water partition coefficient (Wildman–Crippen LogP) is 2.54. The van der Waals surface area contributed by atoms with Crippen LogP contribution in [-0.4, -0.2) is 17.3 Å². The number of carbonyl (C=O) groups is 1. The van der Waals surface area contributed by atoms with E-state index < -0.39 is 0 Å². The molecule has 0 atom stereocenters.